The number of hydrazine groups is 1. The lowest BCUT2D eigenvalue weighted by molar-refractivity contribution is 0.0696. The molecular formula is C12H13N3O4. The first-order valence-electron chi connectivity index (χ1n) is 5.77. The minimum atomic E-state index is -1.11. The largest absolute Gasteiger partial charge is 0.478 e. The second kappa shape index (κ2) is 5.38. The Morgan fingerprint density at radius 2 is 2.05 bits per heavy atom. The molecule has 0 unspecified atom stereocenters. The fourth-order valence-corrected chi connectivity index (χ4v) is 1.72. The monoisotopic (exact) mass is 263 g/mol. The summed E-state index contributed by atoms with van der Waals surface area (Å²) in [7, 11) is 0. The van der Waals surface area contributed by atoms with Crippen LogP contribution in [0.2, 0.25) is 0 Å². The lowest BCUT2D eigenvalue weighted by atomic mass is 10.1. The van der Waals surface area contributed by atoms with Gasteiger partial charge in [-0.15, -0.1) is 0 Å². The Hall–Kier alpha value is -2.57. The number of urea groups is 1. The van der Waals surface area contributed by atoms with Crippen LogP contribution in [0.15, 0.2) is 24.3 Å². The Bertz CT molecular complexity index is 529. The van der Waals surface area contributed by atoms with Crippen LogP contribution in [0.5, 0.6) is 0 Å². The van der Waals surface area contributed by atoms with E-state index in [0.717, 1.165) is 6.42 Å². The van der Waals surface area contributed by atoms with Gasteiger partial charge < -0.3 is 10.4 Å². The number of carboxylic acid groups (broad SMARTS) is 1. The van der Waals surface area contributed by atoms with Crippen LogP contribution in [-0.2, 0) is 0 Å². The molecule has 3 amide bonds. The number of nitrogens with one attached hydrogen (secondary N) is 2. The molecular weight excluding hydrogens is 250 g/mol. The molecule has 0 saturated carbocycles. The Labute approximate surface area is 109 Å². The summed E-state index contributed by atoms with van der Waals surface area (Å²) in [5, 5.41) is 12.6. The van der Waals surface area contributed by atoms with Crippen molar-refractivity contribution in [3.8, 4) is 0 Å². The molecule has 1 aromatic rings. The van der Waals surface area contributed by atoms with Gasteiger partial charge in [0.2, 0.25) is 0 Å². The molecule has 0 bridgehead atoms. The molecule has 0 aliphatic carbocycles. The predicted octanol–water partition coefficient (Wildman–Crippen LogP) is 0.445. The van der Waals surface area contributed by atoms with Gasteiger partial charge in [0.1, 0.15) is 0 Å². The maximum atomic E-state index is 11.9. The van der Waals surface area contributed by atoms with Crippen LogP contribution in [0.3, 0.4) is 0 Å². The van der Waals surface area contributed by atoms with E-state index >= 15 is 0 Å². The molecule has 7 nitrogen and oxygen atoms in total. The summed E-state index contributed by atoms with van der Waals surface area (Å²) in [6.07, 6.45) is 0.737. The zero-order valence-electron chi connectivity index (χ0n) is 10.0. The van der Waals surface area contributed by atoms with Gasteiger partial charge in [0, 0.05) is 18.7 Å². The molecule has 0 radical (unpaired) electrons. The summed E-state index contributed by atoms with van der Waals surface area (Å²) >= 11 is 0. The number of nitrogens with zero attached hydrogens (tertiary/aromatic N) is 1. The van der Waals surface area contributed by atoms with E-state index in [1.807, 2.05) is 0 Å². The lowest BCUT2D eigenvalue weighted by Crippen LogP contribution is -2.54. The zero-order chi connectivity index (χ0) is 13.8. The third-order valence-corrected chi connectivity index (χ3v) is 2.69. The van der Waals surface area contributed by atoms with Gasteiger partial charge in [-0.1, -0.05) is 6.07 Å². The van der Waals surface area contributed by atoms with Gasteiger partial charge in [-0.2, -0.15) is 0 Å². The Morgan fingerprint density at radius 3 is 2.74 bits per heavy atom. The third kappa shape index (κ3) is 3.01. The van der Waals surface area contributed by atoms with Crippen molar-refractivity contribution < 1.29 is 19.5 Å². The number of benzene rings is 1. The second-order valence-corrected chi connectivity index (χ2v) is 4.06. The normalized spacial score (nSPS) is 14.7. The van der Waals surface area contributed by atoms with Crippen LogP contribution in [-0.4, -0.2) is 41.1 Å². The Morgan fingerprint density at radius 1 is 1.32 bits per heavy atom. The molecule has 1 aromatic carbocycles. The number of carboxylic acids is 1. The van der Waals surface area contributed by atoms with Crippen LogP contribution >= 0.6 is 0 Å². The van der Waals surface area contributed by atoms with E-state index < -0.39 is 11.9 Å². The summed E-state index contributed by atoms with van der Waals surface area (Å²) < 4.78 is 0. The molecule has 0 spiro atoms. The minimum absolute atomic E-state index is 0.0238. The first-order chi connectivity index (χ1) is 9.08. The van der Waals surface area contributed by atoms with Crippen molar-refractivity contribution >= 4 is 17.9 Å². The third-order valence-electron chi connectivity index (χ3n) is 2.69. The number of hydrogen-bond donors (Lipinski definition) is 3. The topological polar surface area (TPSA) is 98.7 Å². The van der Waals surface area contributed by atoms with E-state index in [9.17, 15) is 14.4 Å². The van der Waals surface area contributed by atoms with Crippen molar-refractivity contribution in [1.82, 2.24) is 15.8 Å². The van der Waals surface area contributed by atoms with E-state index in [-0.39, 0.29) is 17.2 Å². The maximum absolute atomic E-state index is 11.9. The lowest BCUT2D eigenvalue weighted by Gasteiger charge is -2.27. The first-order valence-corrected chi connectivity index (χ1v) is 5.77. The molecule has 3 N–H and O–H groups in total. The van der Waals surface area contributed by atoms with E-state index in [1.165, 1.54) is 29.3 Å². The fourth-order valence-electron chi connectivity index (χ4n) is 1.72. The Kier molecular flexibility index (Phi) is 3.65. The van der Waals surface area contributed by atoms with Gasteiger partial charge in [0.15, 0.2) is 0 Å². The molecule has 1 heterocycles. The highest BCUT2D eigenvalue weighted by Gasteiger charge is 2.20. The number of amides is 3. The van der Waals surface area contributed by atoms with Gasteiger partial charge in [-0.05, 0) is 24.6 Å². The second-order valence-electron chi connectivity index (χ2n) is 4.06. The first kappa shape index (κ1) is 12.9. The predicted molar refractivity (Wildman–Crippen MR) is 65.6 cm³/mol. The number of carbonyl (C=O) groups is 3. The summed E-state index contributed by atoms with van der Waals surface area (Å²) in [5.41, 5.74) is 2.66. The summed E-state index contributed by atoms with van der Waals surface area (Å²) in [5.74, 6) is -1.62. The van der Waals surface area contributed by atoms with E-state index in [0.29, 0.717) is 13.1 Å². The quantitative estimate of drug-likeness (QED) is 0.737. The zero-order valence-corrected chi connectivity index (χ0v) is 10.0. The number of aromatic carboxylic acids is 1. The van der Waals surface area contributed by atoms with Crippen molar-refractivity contribution in [1.29, 1.82) is 0 Å². The minimum Gasteiger partial charge on any atom is -0.478 e. The molecule has 100 valence electrons. The molecule has 1 fully saturated rings. The van der Waals surface area contributed by atoms with Gasteiger partial charge in [-0.3, -0.25) is 10.2 Å². The number of carbonyl (C=O) groups excluding carboxylic acids is 2. The molecule has 0 aromatic heterocycles. The molecule has 7 heteroatoms. The van der Waals surface area contributed by atoms with Crippen LogP contribution in [0.1, 0.15) is 27.1 Å². The Balaban J connectivity index is 2.09. The van der Waals surface area contributed by atoms with Crippen molar-refractivity contribution in [3.63, 3.8) is 0 Å². The summed E-state index contributed by atoms with van der Waals surface area (Å²) in [6, 6.07) is 5.26. The van der Waals surface area contributed by atoms with Crippen molar-refractivity contribution in [2.24, 2.45) is 0 Å². The van der Waals surface area contributed by atoms with Crippen molar-refractivity contribution in [3.05, 3.63) is 35.4 Å². The number of rotatable bonds is 3. The van der Waals surface area contributed by atoms with Crippen molar-refractivity contribution in [2.45, 2.75) is 6.42 Å². The fraction of sp³-hybridized carbons (Fsp3) is 0.250. The highest BCUT2D eigenvalue weighted by atomic mass is 16.4. The van der Waals surface area contributed by atoms with Gasteiger partial charge in [0.05, 0.1) is 5.56 Å². The van der Waals surface area contributed by atoms with Crippen molar-refractivity contribution in [2.75, 3.05) is 13.1 Å². The molecule has 2 rings (SSSR count). The average molecular weight is 263 g/mol. The van der Waals surface area contributed by atoms with Crippen LogP contribution in [0, 0.1) is 0 Å². The SMILES string of the molecule is O=C(O)c1cccc(C(=O)NN2CCCNC2=O)c1. The van der Waals surface area contributed by atoms with Gasteiger partial charge in [-0.25, -0.2) is 14.6 Å². The van der Waals surface area contributed by atoms with E-state index in [2.05, 4.69) is 10.7 Å². The molecule has 0 atom stereocenters. The highest BCUT2D eigenvalue weighted by molar-refractivity contribution is 5.98. The standard InChI is InChI=1S/C12H13N3O4/c16-10(14-15-6-2-5-13-12(15)19)8-3-1-4-9(7-8)11(17)18/h1,3-4,7H,2,5-6H2,(H,13,19)(H,14,16)(H,17,18). The summed E-state index contributed by atoms with van der Waals surface area (Å²) in [6.45, 7) is 1.01. The molecule has 1 saturated heterocycles. The van der Waals surface area contributed by atoms with E-state index in [4.69, 9.17) is 5.11 Å². The average Bonchev–Trinajstić information content (AvgIpc) is 2.41. The number of hydrogen-bond acceptors (Lipinski definition) is 3. The summed E-state index contributed by atoms with van der Waals surface area (Å²) in [4.78, 5) is 34.2. The molecule has 1 aliphatic rings. The van der Waals surface area contributed by atoms with Crippen LogP contribution < -0.4 is 10.7 Å². The van der Waals surface area contributed by atoms with Gasteiger partial charge >= 0.3 is 12.0 Å². The smallest absolute Gasteiger partial charge is 0.336 e. The highest BCUT2D eigenvalue weighted by Crippen LogP contribution is 2.06. The van der Waals surface area contributed by atoms with Crippen LogP contribution in [0.4, 0.5) is 4.79 Å². The molecule has 19 heavy (non-hydrogen) atoms. The van der Waals surface area contributed by atoms with E-state index in [1.54, 1.807) is 0 Å². The van der Waals surface area contributed by atoms with Gasteiger partial charge in [0.25, 0.3) is 5.91 Å². The van der Waals surface area contributed by atoms with Crippen LogP contribution in [0.25, 0.3) is 0 Å². The molecule has 1 aliphatic heterocycles. The maximum Gasteiger partial charge on any atom is 0.336 e.